The summed E-state index contributed by atoms with van der Waals surface area (Å²) < 4.78 is 44.2. The summed E-state index contributed by atoms with van der Waals surface area (Å²) in [5.74, 6) is -1.61. The number of likely N-dealkylation sites (N-methyl/N-ethyl adjacent to an activating group) is 1. The highest BCUT2D eigenvalue weighted by Gasteiger charge is 2.30. The van der Waals surface area contributed by atoms with Gasteiger partial charge in [-0.2, -0.15) is 13.2 Å². The van der Waals surface area contributed by atoms with E-state index < -0.39 is 23.6 Å². The molecule has 0 aliphatic carbocycles. The van der Waals surface area contributed by atoms with E-state index in [9.17, 15) is 22.8 Å². The van der Waals surface area contributed by atoms with Crippen molar-refractivity contribution in [2.45, 2.75) is 25.1 Å². The number of carbonyl (C=O) groups excluding carboxylic acids is 1. The first-order chi connectivity index (χ1) is 16.0. The van der Waals surface area contributed by atoms with Crippen LogP contribution in [0.15, 0.2) is 72.8 Å². The molecule has 3 aromatic rings. The van der Waals surface area contributed by atoms with Gasteiger partial charge in [0.15, 0.2) is 0 Å². The molecule has 0 radical (unpaired) electrons. The van der Waals surface area contributed by atoms with Crippen LogP contribution in [0.25, 0.3) is 11.1 Å². The number of carboxylic acid groups (broad SMARTS) is 1. The number of nitrogens with zero attached hydrogens (tertiary/aromatic N) is 1. The molecule has 8 heteroatoms. The SMILES string of the molecule is CN(C)C(=O)[C@@H](CC(=O)O)c1ccc(OCc2cccc(-c3ccc(C(F)(F)F)cc3)c2)cc1. The fourth-order valence-corrected chi connectivity index (χ4v) is 3.49. The normalized spacial score (nSPS) is 12.1. The van der Waals surface area contributed by atoms with Crippen LogP contribution in [0, 0.1) is 0 Å². The van der Waals surface area contributed by atoms with E-state index in [1.807, 2.05) is 18.2 Å². The highest BCUT2D eigenvalue weighted by Crippen LogP contribution is 2.31. The van der Waals surface area contributed by atoms with Crippen LogP contribution in [-0.2, 0) is 22.4 Å². The van der Waals surface area contributed by atoms with Crippen molar-refractivity contribution in [3.63, 3.8) is 0 Å². The van der Waals surface area contributed by atoms with E-state index in [2.05, 4.69) is 0 Å². The Kier molecular flexibility index (Phi) is 7.61. The minimum Gasteiger partial charge on any atom is -0.489 e. The first kappa shape index (κ1) is 24.8. The van der Waals surface area contributed by atoms with E-state index in [1.54, 1.807) is 44.4 Å². The maximum absolute atomic E-state index is 12.8. The van der Waals surface area contributed by atoms with Crippen molar-refractivity contribution in [1.82, 2.24) is 4.90 Å². The molecule has 0 saturated heterocycles. The Labute approximate surface area is 195 Å². The molecule has 0 aromatic heterocycles. The van der Waals surface area contributed by atoms with Crippen molar-refractivity contribution < 1.29 is 32.6 Å². The lowest BCUT2D eigenvalue weighted by Crippen LogP contribution is -2.29. The highest BCUT2D eigenvalue weighted by atomic mass is 19.4. The molecule has 1 atom stereocenters. The summed E-state index contributed by atoms with van der Waals surface area (Å²) in [6, 6.07) is 19.0. The summed E-state index contributed by atoms with van der Waals surface area (Å²) in [5, 5.41) is 9.15. The molecule has 0 fully saturated rings. The second-order valence-electron chi connectivity index (χ2n) is 8.02. The molecule has 0 saturated carbocycles. The lowest BCUT2D eigenvalue weighted by Gasteiger charge is -2.19. The van der Waals surface area contributed by atoms with Crippen molar-refractivity contribution in [3.05, 3.63) is 89.5 Å². The molecule has 5 nitrogen and oxygen atoms in total. The lowest BCUT2D eigenvalue weighted by molar-refractivity contribution is -0.141. The average Bonchev–Trinajstić information content (AvgIpc) is 2.81. The Morgan fingerprint density at radius 2 is 1.59 bits per heavy atom. The lowest BCUT2D eigenvalue weighted by atomic mass is 9.94. The zero-order valence-corrected chi connectivity index (χ0v) is 18.7. The van der Waals surface area contributed by atoms with Crippen molar-refractivity contribution >= 4 is 11.9 Å². The molecule has 0 aliphatic rings. The van der Waals surface area contributed by atoms with Crippen molar-refractivity contribution in [3.8, 4) is 16.9 Å². The van der Waals surface area contributed by atoms with Crippen LogP contribution in [-0.4, -0.2) is 36.0 Å². The Morgan fingerprint density at radius 1 is 0.941 bits per heavy atom. The molecule has 0 heterocycles. The van der Waals surface area contributed by atoms with E-state index in [-0.39, 0.29) is 18.9 Å². The highest BCUT2D eigenvalue weighted by molar-refractivity contribution is 5.87. The summed E-state index contributed by atoms with van der Waals surface area (Å²) in [6.45, 7) is 0.225. The third kappa shape index (κ3) is 6.37. The van der Waals surface area contributed by atoms with E-state index >= 15 is 0 Å². The Bertz CT molecular complexity index is 1140. The zero-order chi connectivity index (χ0) is 24.9. The third-order valence-corrected chi connectivity index (χ3v) is 5.28. The fraction of sp³-hybridized carbons (Fsp3) is 0.231. The van der Waals surface area contributed by atoms with Gasteiger partial charge in [-0.05, 0) is 52.6 Å². The number of carbonyl (C=O) groups is 2. The van der Waals surface area contributed by atoms with Crippen LogP contribution < -0.4 is 4.74 Å². The van der Waals surface area contributed by atoms with Gasteiger partial charge >= 0.3 is 12.1 Å². The Balaban J connectivity index is 1.69. The number of amides is 1. The van der Waals surface area contributed by atoms with Gasteiger partial charge in [0, 0.05) is 14.1 Å². The molecule has 1 amide bonds. The maximum Gasteiger partial charge on any atom is 0.416 e. The molecule has 3 aromatic carbocycles. The largest absolute Gasteiger partial charge is 0.489 e. The summed E-state index contributed by atoms with van der Waals surface area (Å²) in [5.41, 5.74) is 2.14. The molecule has 3 rings (SSSR count). The number of carboxylic acids is 1. The molecule has 0 bridgehead atoms. The number of hydrogen-bond donors (Lipinski definition) is 1. The molecule has 1 N–H and O–H groups in total. The second-order valence-corrected chi connectivity index (χ2v) is 8.02. The average molecular weight is 471 g/mol. The van der Waals surface area contributed by atoms with Gasteiger partial charge in [0.25, 0.3) is 0 Å². The van der Waals surface area contributed by atoms with Crippen molar-refractivity contribution in [2.24, 2.45) is 0 Å². The Morgan fingerprint density at radius 3 is 2.15 bits per heavy atom. The van der Waals surface area contributed by atoms with Gasteiger partial charge < -0.3 is 14.7 Å². The number of halogens is 3. The van der Waals surface area contributed by atoms with Crippen LogP contribution in [0.4, 0.5) is 13.2 Å². The zero-order valence-electron chi connectivity index (χ0n) is 18.7. The topological polar surface area (TPSA) is 66.8 Å². The van der Waals surface area contributed by atoms with Crippen LogP contribution in [0.1, 0.15) is 29.0 Å². The van der Waals surface area contributed by atoms with Crippen LogP contribution in [0.5, 0.6) is 5.75 Å². The smallest absolute Gasteiger partial charge is 0.416 e. The van der Waals surface area contributed by atoms with Gasteiger partial charge in [-0.25, -0.2) is 0 Å². The quantitative estimate of drug-likeness (QED) is 0.465. The predicted octanol–water partition coefficient (Wildman–Crippen LogP) is 5.60. The van der Waals surface area contributed by atoms with Gasteiger partial charge in [-0.3, -0.25) is 9.59 Å². The number of rotatable bonds is 8. The second kappa shape index (κ2) is 10.4. The monoisotopic (exact) mass is 471 g/mol. The first-order valence-corrected chi connectivity index (χ1v) is 10.5. The van der Waals surface area contributed by atoms with Gasteiger partial charge in [0.05, 0.1) is 17.9 Å². The summed E-state index contributed by atoms with van der Waals surface area (Å²) in [6.07, 6.45) is -4.69. The summed E-state index contributed by atoms with van der Waals surface area (Å²) in [4.78, 5) is 24.9. The van der Waals surface area contributed by atoms with Crippen LogP contribution in [0.3, 0.4) is 0 Å². The summed E-state index contributed by atoms with van der Waals surface area (Å²) in [7, 11) is 3.15. The molecular formula is C26H24F3NO4. The van der Waals surface area contributed by atoms with E-state index in [4.69, 9.17) is 9.84 Å². The number of benzene rings is 3. The number of ether oxygens (including phenoxy) is 1. The van der Waals surface area contributed by atoms with Gasteiger partial charge in [0.2, 0.25) is 5.91 Å². The van der Waals surface area contributed by atoms with Crippen molar-refractivity contribution in [2.75, 3.05) is 14.1 Å². The number of hydrogen-bond acceptors (Lipinski definition) is 3. The van der Waals surface area contributed by atoms with E-state index in [0.717, 1.165) is 23.3 Å². The predicted molar refractivity (Wildman–Crippen MR) is 121 cm³/mol. The minimum atomic E-state index is -4.38. The molecule has 178 valence electrons. The van der Waals surface area contributed by atoms with Crippen molar-refractivity contribution in [1.29, 1.82) is 0 Å². The number of aliphatic carboxylic acids is 1. The molecule has 0 spiro atoms. The molecule has 34 heavy (non-hydrogen) atoms. The van der Waals surface area contributed by atoms with Crippen LogP contribution >= 0.6 is 0 Å². The third-order valence-electron chi connectivity index (χ3n) is 5.28. The standard InChI is InChI=1S/C26H24F3NO4/c1-30(2)25(33)23(15-24(31)32)19-8-12-22(13-9-19)34-16-17-4-3-5-20(14-17)18-6-10-21(11-7-18)26(27,28)29/h3-14,23H,15-16H2,1-2H3,(H,31,32)/t23-/m0/s1. The van der Waals surface area contributed by atoms with Gasteiger partial charge in [-0.15, -0.1) is 0 Å². The minimum absolute atomic E-state index is 0.225. The first-order valence-electron chi connectivity index (χ1n) is 10.5. The van der Waals surface area contributed by atoms with E-state index in [1.165, 1.54) is 17.0 Å². The van der Waals surface area contributed by atoms with Crippen LogP contribution in [0.2, 0.25) is 0 Å². The Hall–Kier alpha value is -3.81. The maximum atomic E-state index is 12.8. The summed E-state index contributed by atoms with van der Waals surface area (Å²) >= 11 is 0. The van der Waals surface area contributed by atoms with E-state index in [0.29, 0.717) is 16.9 Å². The van der Waals surface area contributed by atoms with Gasteiger partial charge in [-0.1, -0.05) is 42.5 Å². The molecule has 0 aliphatic heterocycles. The number of alkyl halides is 3. The fourth-order valence-electron chi connectivity index (χ4n) is 3.49. The molecular weight excluding hydrogens is 447 g/mol. The van der Waals surface area contributed by atoms with Gasteiger partial charge in [0.1, 0.15) is 12.4 Å². The molecule has 0 unspecified atom stereocenters.